The zero-order chi connectivity index (χ0) is 19.8. The Labute approximate surface area is 169 Å². The third-order valence-corrected chi connectivity index (χ3v) is 5.85. The highest BCUT2D eigenvalue weighted by Crippen LogP contribution is 2.30. The predicted octanol–water partition coefficient (Wildman–Crippen LogP) is 2.36. The molecule has 2 saturated heterocycles. The van der Waals surface area contributed by atoms with Crippen molar-refractivity contribution in [1.29, 1.82) is 5.26 Å². The summed E-state index contributed by atoms with van der Waals surface area (Å²) in [6.07, 6.45) is 3.91. The summed E-state index contributed by atoms with van der Waals surface area (Å²) in [5, 5.41) is 27.9. The van der Waals surface area contributed by atoms with Crippen molar-refractivity contribution in [2.45, 2.75) is 44.7 Å². The first-order valence-electron chi connectivity index (χ1n) is 10.2. The molecule has 2 aliphatic rings. The van der Waals surface area contributed by atoms with E-state index in [0.717, 1.165) is 61.3 Å². The van der Waals surface area contributed by atoms with Crippen molar-refractivity contribution < 1.29 is 0 Å². The van der Waals surface area contributed by atoms with Crippen LogP contribution in [0.15, 0.2) is 24.3 Å². The Morgan fingerprint density at radius 1 is 1.28 bits per heavy atom. The van der Waals surface area contributed by atoms with Gasteiger partial charge in [-0.3, -0.25) is 5.10 Å². The molecule has 2 aliphatic heterocycles. The Balaban J connectivity index is 1.35. The monoisotopic (exact) mass is 391 g/mol. The zero-order valence-corrected chi connectivity index (χ0v) is 16.5. The summed E-state index contributed by atoms with van der Waals surface area (Å²) in [6, 6.07) is 11.0. The SMILES string of the molecule is Cc1cc(Nc2cccc3nc(N4C[C@H]5CC(CCC#N)C[C@@H](C4)N5)nn23)n[nH]1. The fourth-order valence-corrected chi connectivity index (χ4v) is 4.63. The number of hydrogen-bond acceptors (Lipinski definition) is 7. The van der Waals surface area contributed by atoms with Crippen molar-refractivity contribution in [2.24, 2.45) is 5.92 Å². The number of piperazine rings is 1. The number of aryl methyl sites for hydroxylation is 1. The number of anilines is 3. The normalized spacial score (nSPS) is 23.9. The predicted molar refractivity (Wildman–Crippen MR) is 110 cm³/mol. The van der Waals surface area contributed by atoms with E-state index < -0.39 is 0 Å². The van der Waals surface area contributed by atoms with Gasteiger partial charge in [0.1, 0.15) is 5.82 Å². The van der Waals surface area contributed by atoms with Gasteiger partial charge in [0.05, 0.1) is 6.07 Å². The number of nitrogens with zero attached hydrogens (tertiary/aromatic N) is 6. The van der Waals surface area contributed by atoms with E-state index >= 15 is 0 Å². The lowest BCUT2D eigenvalue weighted by atomic mass is 9.82. The molecule has 0 spiro atoms. The molecule has 0 aromatic carbocycles. The highest BCUT2D eigenvalue weighted by Gasteiger charge is 2.35. The summed E-state index contributed by atoms with van der Waals surface area (Å²) in [4.78, 5) is 7.07. The molecule has 3 aromatic rings. The van der Waals surface area contributed by atoms with Gasteiger partial charge in [0.15, 0.2) is 11.5 Å². The molecule has 0 radical (unpaired) electrons. The fourth-order valence-electron chi connectivity index (χ4n) is 4.63. The Morgan fingerprint density at radius 3 is 2.83 bits per heavy atom. The van der Waals surface area contributed by atoms with Crippen LogP contribution in [0, 0.1) is 24.2 Å². The van der Waals surface area contributed by atoms with Crippen molar-refractivity contribution in [1.82, 2.24) is 30.1 Å². The van der Waals surface area contributed by atoms with Crippen molar-refractivity contribution in [3.63, 3.8) is 0 Å². The molecule has 0 amide bonds. The van der Waals surface area contributed by atoms with Crippen molar-refractivity contribution >= 4 is 23.2 Å². The summed E-state index contributed by atoms with van der Waals surface area (Å²) in [5.74, 6) is 3.01. The summed E-state index contributed by atoms with van der Waals surface area (Å²) in [7, 11) is 0. The van der Waals surface area contributed by atoms with Gasteiger partial charge in [-0.25, -0.2) is 0 Å². The van der Waals surface area contributed by atoms with Gasteiger partial charge in [0.25, 0.3) is 0 Å². The number of piperidine rings is 1. The van der Waals surface area contributed by atoms with Crippen LogP contribution in [0.2, 0.25) is 0 Å². The average Bonchev–Trinajstić information content (AvgIpc) is 3.32. The maximum Gasteiger partial charge on any atom is 0.245 e. The topological polar surface area (TPSA) is 110 Å². The minimum absolute atomic E-state index is 0.433. The van der Waals surface area contributed by atoms with Crippen LogP contribution in [0.5, 0.6) is 0 Å². The highest BCUT2D eigenvalue weighted by atomic mass is 15.4. The van der Waals surface area contributed by atoms with E-state index in [9.17, 15) is 0 Å². The number of nitriles is 1. The number of aromatic amines is 1. The summed E-state index contributed by atoms with van der Waals surface area (Å²) in [5.41, 5.74) is 1.81. The smallest absolute Gasteiger partial charge is 0.245 e. The fraction of sp³-hybridized carbons (Fsp3) is 0.500. The summed E-state index contributed by atoms with van der Waals surface area (Å²) in [6.45, 7) is 3.77. The van der Waals surface area contributed by atoms with Crippen LogP contribution in [0.4, 0.5) is 17.6 Å². The third-order valence-electron chi connectivity index (χ3n) is 5.85. The number of aromatic nitrogens is 5. The van der Waals surface area contributed by atoms with Crippen LogP contribution in [0.3, 0.4) is 0 Å². The van der Waals surface area contributed by atoms with Crippen molar-refractivity contribution in [2.75, 3.05) is 23.3 Å². The Morgan fingerprint density at radius 2 is 2.10 bits per heavy atom. The van der Waals surface area contributed by atoms with Crippen LogP contribution < -0.4 is 15.5 Å². The number of H-pyrrole nitrogens is 1. The van der Waals surface area contributed by atoms with E-state index in [1.807, 2.05) is 35.7 Å². The first-order valence-corrected chi connectivity index (χ1v) is 10.2. The first-order chi connectivity index (χ1) is 14.2. The molecule has 3 N–H and O–H groups in total. The van der Waals surface area contributed by atoms with Gasteiger partial charge in [-0.1, -0.05) is 6.07 Å². The van der Waals surface area contributed by atoms with Gasteiger partial charge >= 0.3 is 0 Å². The second kappa shape index (κ2) is 7.37. The van der Waals surface area contributed by atoms with Crippen LogP contribution in [-0.4, -0.2) is 50.0 Å². The van der Waals surface area contributed by atoms with Crippen molar-refractivity contribution in [3.05, 3.63) is 30.0 Å². The van der Waals surface area contributed by atoms with Crippen LogP contribution in [0.25, 0.3) is 5.65 Å². The number of pyridine rings is 1. The van der Waals surface area contributed by atoms with Gasteiger partial charge in [-0.2, -0.15) is 19.9 Å². The van der Waals surface area contributed by atoms with E-state index in [2.05, 4.69) is 31.8 Å². The molecule has 1 unspecified atom stereocenters. The zero-order valence-electron chi connectivity index (χ0n) is 16.5. The number of nitrogens with one attached hydrogen (secondary N) is 3. The van der Waals surface area contributed by atoms with E-state index in [0.29, 0.717) is 24.4 Å². The molecule has 3 atom stereocenters. The molecule has 2 fully saturated rings. The molecule has 29 heavy (non-hydrogen) atoms. The second-order valence-electron chi connectivity index (χ2n) is 8.15. The molecule has 0 aliphatic carbocycles. The minimum atomic E-state index is 0.433. The van der Waals surface area contributed by atoms with Crippen LogP contribution in [0.1, 0.15) is 31.4 Å². The number of hydrogen-bond donors (Lipinski definition) is 3. The molecule has 5 heterocycles. The molecule has 150 valence electrons. The Hall–Kier alpha value is -3.12. The highest BCUT2D eigenvalue weighted by molar-refractivity contribution is 5.58. The quantitative estimate of drug-likeness (QED) is 0.612. The minimum Gasteiger partial charge on any atom is -0.336 e. The molecule has 2 bridgehead atoms. The largest absolute Gasteiger partial charge is 0.336 e. The molecule has 9 heteroatoms. The molecular formula is C20H25N9. The van der Waals surface area contributed by atoms with E-state index in [1.165, 1.54) is 0 Å². The van der Waals surface area contributed by atoms with E-state index in [-0.39, 0.29) is 0 Å². The second-order valence-corrected chi connectivity index (χ2v) is 8.15. The molecule has 3 aromatic heterocycles. The molecule has 0 saturated carbocycles. The maximum absolute atomic E-state index is 8.87. The van der Waals surface area contributed by atoms with Gasteiger partial charge in [0.2, 0.25) is 5.95 Å². The standard InChI is InChI=1S/C20H25N9/c1-13-8-17(26-25-13)23-18-5-2-6-19-24-20(27-29(18)19)28-11-15-9-14(4-3-7-21)10-16(12-28)22-15/h2,5-6,8,14-16,22H,3-4,9-12H2,1H3,(H2,23,25,26)/t14?,15-,16+. The Kier molecular flexibility index (Phi) is 4.56. The van der Waals surface area contributed by atoms with Gasteiger partial charge in [-0.05, 0) is 44.2 Å². The third kappa shape index (κ3) is 3.63. The maximum atomic E-state index is 8.87. The molecular weight excluding hydrogens is 366 g/mol. The van der Waals surface area contributed by atoms with Gasteiger partial charge < -0.3 is 15.5 Å². The number of rotatable bonds is 5. The summed E-state index contributed by atoms with van der Waals surface area (Å²) < 4.78 is 1.84. The van der Waals surface area contributed by atoms with Crippen LogP contribution >= 0.6 is 0 Å². The van der Waals surface area contributed by atoms with E-state index in [4.69, 9.17) is 15.3 Å². The lowest BCUT2D eigenvalue weighted by Crippen LogP contribution is -2.60. The first kappa shape index (κ1) is 17.9. The van der Waals surface area contributed by atoms with Crippen molar-refractivity contribution in [3.8, 4) is 6.07 Å². The molecule has 5 rings (SSSR count). The average molecular weight is 391 g/mol. The lowest BCUT2D eigenvalue weighted by molar-refractivity contribution is 0.208. The lowest BCUT2D eigenvalue weighted by Gasteiger charge is -2.45. The van der Waals surface area contributed by atoms with Gasteiger partial charge in [0, 0.05) is 43.4 Å². The molecule has 9 nitrogen and oxygen atoms in total. The number of fused-ring (bicyclic) bond motifs is 3. The summed E-state index contributed by atoms with van der Waals surface area (Å²) >= 11 is 0. The van der Waals surface area contributed by atoms with E-state index in [1.54, 1.807) is 0 Å². The van der Waals surface area contributed by atoms with Gasteiger partial charge in [-0.15, -0.1) is 5.10 Å². The Bertz CT molecular complexity index is 1030. The van der Waals surface area contributed by atoms with Crippen LogP contribution in [-0.2, 0) is 0 Å².